The van der Waals surface area contributed by atoms with Crippen LogP contribution in [0.3, 0.4) is 0 Å². The molecule has 0 saturated heterocycles. The number of hydrogen-bond donors (Lipinski definition) is 0. The summed E-state index contributed by atoms with van der Waals surface area (Å²) >= 11 is 0. The Morgan fingerprint density at radius 2 is 1.17 bits per heavy atom. The van der Waals surface area contributed by atoms with Gasteiger partial charge in [0.2, 0.25) is 5.75 Å². The van der Waals surface area contributed by atoms with Crippen LogP contribution in [0.5, 0.6) is 28.7 Å². The molecule has 29 heavy (non-hydrogen) atoms. The highest BCUT2D eigenvalue weighted by molar-refractivity contribution is 6.18. The molecule has 0 heterocycles. The Balaban J connectivity index is 2.55. The van der Waals surface area contributed by atoms with E-state index in [-0.39, 0.29) is 6.61 Å². The maximum Gasteiger partial charge on any atom is 0.338 e. The van der Waals surface area contributed by atoms with Crippen LogP contribution in [0.25, 0.3) is 21.5 Å². The van der Waals surface area contributed by atoms with Crippen LogP contribution in [0.4, 0.5) is 0 Å². The van der Waals surface area contributed by atoms with Crippen molar-refractivity contribution in [1.29, 1.82) is 0 Å². The fourth-order valence-corrected chi connectivity index (χ4v) is 3.47. The molecule has 0 amide bonds. The Morgan fingerprint density at radius 3 is 1.69 bits per heavy atom. The monoisotopic (exact) mass is 400 g/mol. The predicted octanol–water partition coefficient (Wildman–Crippen LogP) is 4.21. The molecule has 3 aromatic rings. The van der Waals surface area contributed by atoms with Crippen molar-refractivity contribution < 1.29 is 33.2 Å². The highest BCUT2D eigenvalue weighted by atomic mass is 16.5. The van der Waals surface area contributed by atoms with Crippen LogP contribution < -0.4 is 23.7 Å². The molecule has 0 aliphatic heterocycles. The molecule has 154 valence electrons. The van der Waals surface area contributed by atoms with Crippen molar-refractivity contribution in [3.63, 3.8) is 0 Å². The van der Waals surface area contributed by atoms with Crippen molar-refractivity contribution in [2.24, 2.45) is 0 Å². The van der Waals surface area contributed by atoms with Gasteiger partial charge in [0.05, 0.1) is 47.7 Å². The van der Waals surface area contributed by atoms with Crippen molar-refractivity contribution in [1.82, 2.24) is 0 Å². The van der Waals surface area contributed by atoms with Gasteiger partial charge in [0.25, 0.3) is 0 Å². The SMILES string of the molecule is CCOC(=O)c1cc2c(OC)c(OC)c(OC)cc2c2cc(OC)c(OC)cc12. The number of benzene rings is 3. The van der Waals surface area contributed by atoms with Crippen LogP contribution in [0.1, 0.15) is 17.3 Å². The number of methoxy groups -OCH3 is 5. The number of hydrogen-bond acceptors (Lipinski definition) is 7. The molecule has 3 aromatic carbocycles. The zero-order valence-electron chi connectivity index (χ0n) is 17.4. The molecule has 0 aromatic heterocycles. The lowest BCUT2D eigenvalue weighted by Crippen LogP contribution is -2.06. The highest BCUT2D eigenvalue weighted by Gasteiger charge is 2.23. The normalized spacial score (nSPS) is 10.7. The number of rotatable bonds is 7. The third-order valence-corrected chi connectivity index (χ3v) is 4.76. The number of esters is 1. The number of ether oxygens (including phenoxy) is 6. The minimum absolute atomic E-state index is 0.259. The molecule has 0 N–H and O–H groups in total. The van der Waals surface area contributed by atoms with E-state index < -0.39 is 5.97 Å². The molecule has 7 nitrogen and oxygen atoms in total. The summed E-state index contributed by atoms with van der Waals surface area (Å²) in [5.74, 6) is 2.02. The van der Waals surface area contributed by atoms with E-state index in [0.29, 0.717) is 45.1 Å². The molecule has 0 unspecified atom stereocenters. The first-order valence-electron chi connectivity index (χ1n) is 9.03. The Hall–Kier alpha value is -3.35. The largest absolute Gasteiger partial charge is 0.493 e. The summed E-state index contributed by atoms with van der Waals surface area (Å²) in [6.45, 7) is 2.02. The van der Waals surface area contributed by atoms with E-state index in [0.717, 1.165) is 10.8 Å². The molecular formula is C22H24O7. The van der Waals surface area contributed by atoms with E-state index in [1.807, 2.05) is 12.1 Å². The Labute approximate surface area is 169 Å². The van der Waals surface area contributed by atoms with Gasteiger partial charge in [-0.3, -0.25) is 0 Å². The first-order chi connectivity index (χ1) is 14.0. The third-order valence-electron chi connectivity index (χ3n) is 4.76. The minimum atomic E-state index is -0.441. The van der Waals surface area contributed by atoms with Crippen LogP contribution in [0.15, 0.2) is 24.3 Å². The van der Waals surface area contributed by atoms with Gasteiger partial charge in [0, 0.05) is 10.8 Å². The minimum Gasteiger partial charge on any atom is -0.493 e. The van der Waals surface area contributed by atoms with Gasteiger partial charge in [-0.2, -0.15) is 0 Å². The Kier molecular flexibility index (Phi) is 5.87. The van der Waals surface area contributed by atoms with Crippen molar-refractivity contribution in [3.05, 3.63) is 29.8 Å². The summed E-state index contributed by atoms with van der Waals surface area (Å²) < 4.78 is 32.8. The summed E-state index contributed by atoms with van der Waals surface area (Å²) in [4.78, 5) is 12.7. The van der Waals surface area contributed by atoms with Crippen molar-refractivity contribution in [3.8, 4) is 28.7 Å². The van der Waals surface area contributed by atoms with Crippen LogP contribution in [0, 0.1) is 0 Å². The first-order valence-corrected chi connectivity index (χ1v) is 9.03. The predicted molar refractivity (Wildman–Crippen MR) is 110 cm³/mol. The lowest BCUT2D eigenvalue weighted by molar-refractivity contribution is 0.0529. The molecular weight excluding hydrogens is 376 g/mol. The second-order valence-electron chi connectivity index (χ2n) is 6.14. The number of fused-ring (bicyclic) bond motifs is 3. The average molecular weight is 400 g/mol. The second-order valence-corrected chi connectivity index (χ2v) is 6.14. The molecule has 0 aliphatic rings. The maximum absolute atomic E-state index is 12.7. The number of carbonyl (C=O) groups excluding carboxylic acids is 1. The van der Waals surface area contributed by atoms with E-state index >= 15 is 0 Å². The second kappa shape index (κ2) is 8.34. The van der Waals surface area contributed by atoms with Gasteiger partial charge in [-0.25, -0.2) is 4.79 Å². The van der Waals surface area contributed by atoms with Gasteiger partial charge in [0.15, 0.2) is 23.0 Å². The Bertz CT molecular complexity index is 1070. The lowest BCUT2D eigenvalue weighted by atomic mass is 9.95. The van der Waals surface area contributed by atoms with Crippen molar-refractivity contribution >= 4 is 27.5 Å². The average Bonchev–Trinajstić information content (AvgIpc) is 2.75. The highest BCUT2D eigenvalue weighted by Crippen LogP contribution is 2.47. The summed E-state index contributed by atoms with van der Waals surface area (Å²) in [6, 6.07) is 7.18. The fraction of sp³-hybridized carbons (Fsp3) is 0.318. The molecule has 0 bridgehead atoms. The van der Waals surface area contributed by atoms with E-state index in [4.69, 9.17) is 28.4 Å². The molecule has 7 heteroatoms. The van der Waals surface area contributed by atoms with Gasteiger partial charge in [-0.15, -0.1) is 0 Å². The van der Waals surface area contributed by atoms with Crippen LogP contribution in [-0.4, -0.2) is 48.1 Å². The zero-order chi connectivity index (χ0) is 21.1. The molecule has 0 fully saturated rings. The van der Waals surface area contributed by atoms with Crippen LogP contribution in [0.2, 0.25) is 0 Å². The fourth-order valence-electron chi connectivity index (χ4n) is 3.47. The summed E-state index contributed by atoms with van der Waals surface area (Å²) in [5, 5.41) is 2.93. The van der Waals surface area contributed by atoms with E-state index in [1.54, 1.807) is 47.5 Å². The standard InChI is InChI=1S/C22H24O7/c1-7-29-22(23)16-8-15-13(11-19(26-4)21(28-6)20(15)27-5)12-9-17(24-2)18(25-3)10-14(12)16/h8-11H,7H2,1-6H3. The maximum atomic E-state index is 12.7. The molecule has 0 saturated carbocycles. The van der Waals surface area contributed by atoms with E-state index in [2.05, 4.69) is 0 Å². The summed E-state index contributed by atoms with van der Waals surface area (Å²) in [7, 11) is 7.74. The van der Waals surface area contributed by atoms with Gasteiger partial charge < -0.3 is 28.4 Å². The van der Waals surface area contributed by atoms with Gasteiger partial charge in [0.1, 0.15) is 0 Å². The first kappa shape index (κ1) is 20.4. The zero-order valence-corrected chi connectivity index (χ0v) is 17.4. The van der Waals surface area contributed by atoms with Crippen LogP contribution in [-0.2, 0) is 4.74 Å². The smallest absolute Gasteiger partial charge is 0.338 e. The molecule has 0 aliphatic carbocycles. The molecule has 3 rings (SSSR count). The summed E-state index contributed by atoms with van der Waals surface area (Å²) in [5.41, 5.74) is 0.390. The Morgan fingerprint density at radius 1 is 0.655 bits per heavy atom. The quantitative estimate of drug-likeness (QED) is 0.434. The summed E-state index contributed by atoms with van der Waals surface area (Å²) in [6.07, 6.45) is 0. The van der Waals surface area contributed by atoms with Crippen molar-refractivity contribution in [2.75, 3.05) is 42.2 Å². The van der Waals surface area contributed by atoms with Gasteiger partial charge >= 0.3 is 5.97 Å². The molecule has 0 atom stereocenters. The lowest BCUT2D eigenvalue weighted by Gasteiger charge is -2.18. The molecule has 0 radical (unpaired) electrons. The topological polar surface area (TPSA) is 72.5 Å². The van der Waals surface area contributed by atoms with Crippen LogP contribution >= 0.6 is 0 Å². The molecule has 0 spiro atoms. The number of carbonyl (C=O) groups is 1. The van der Waals surface area contributed by atoms with Gasteiger partial charge in [-0.05, 0) is 42.0 Å². The third kappa shape index (κ3) is 3.33. The van der Waals surface area contributed by atoms with E-state index in [9.17, 15) is 4.79 Å². The van der Waals surface area contributed by atoms with Crippen molar-refractivity contribution in [2.45, 2.75) is 6.92 Å². The van der Waals surface area contributed by atoms with Gasteiger partial charge in [-0.1, -0.05) is 0 Å². The van der Waals surface area contributed by atoms with E-state index in [1.165, 1.54) is 7.11 Å².